The number of anilines is 1. The van der Waals surface area contributed by atoms with Gasteiger partial charge in [-0.25, -0.2) is 0 Å². The van der Waals surface area contributed by atoms with Crippen molar-refractivity contribution in [3.63, 3.8) is 0 Å². The lowest BCUT2D eigenvalue weighted by Crippen LogP contribution is -2.31. The van der Waals surface area contributed by atoms with Crippen LogP contribution in [0.1, 0.15) is 26.2 Å². The first-order valence-corrected chi connectivity index (χ1v) is 6.52. The molecule has 17 heavy (non-hydrogen) atoms. The van der Waals surface area contributed by atoms with Crippen molar-refractivity contribution in [2.75, 3.05) is 25.4 Å². The molecule has 0 radical (unpaired) electrons. The highest BCUT2D eigenvalue weighted by atomic mass is 16.5. The van der Waals surface area contributed by atoms with Crippen LogP contribution in [0.5, 0.6) is 5.75 Å². The first-order chi connectivity index (χ1) is 8.29. The van der Waals surface area contributed by atoms with E-state index in [1.807, 2.05) is 24.3 Å². The Morgan fingerprint density at radius 3 is 2.82 bits per heavy atom. The number of ether oxygens (including phenoxy) is 1. The van der Waals surface area contributed by atoms with Crippen LogP contribution in [0, 0.1) is 0 Å². The van der Waals surface area contributed by atoms with Crippen molar-refractivity contribution in [2.24, 2.45) is 0 Å². The van der Waals surface area contributed by atoms with Gasteiger partial charge < -0.3 is 10.5 Å². The van der Waals surface area contributed by atoms with Crippen LogP contribution >= 0.6 is 0 Å². The quantitative estimate of drug-likeness (QED) is 0.737. The standard InChI is InChI=1S/C14H22N2O/c1-2-8-16(13-6-7-13)9-10-17-14-5-3-4-12(15)11-14/h3-5,11,13H,2,6-10,15H2,1H3. The largest absolute Gasteiger partial charge is 0.492 e. The van der Waals surface area contributed by atoms with Gasteiger partial charge in [0.05, 0.1) is 0 Å². The fraction of sp³-hybridized carbons (Fsp3) is 0.571. The van der Waals surface area contributed by atoms with Crippen molar-refractivity contribution in [2.45, 2.75) is 32.2 Å². The van der Waals surface area contributed by atoms with E-state index in [9.17, 15) is 0 Å². The van der Waals surface area contributed by atoms with Crippen LogP contribution in [0.3, 0.4) is 0 Å². The summed E-state index contributed by atoms with van der Waals surface area (Å²) in [6, 6.07) is 8.45. The fourth-order valence-electron chi connectivity index (χ4n) is 2.09. The van der Waals surface area contributed by atoms with Crippen molar-refractivity contribution in [3.8, 4) is 5.75 Å². The summed E-state index contributed by atoms with van der Waals surface area (Å²) < 4.78 is 5.72. The number of benzene rings is 1. The lowest BCUT2D eigenvalue weighted by molar-refractivity contribution is 0.202. The van der Waals surface area contributed by atoms with Gasteiger partial charge >= 0.3 is 0 Å². The maximum Gasteiger partial charge on any atom is 0.121 e. The average Bonchev–Trinajstić information content (AvgIpc) is 3.12. The molecule has 1 saturated carbocycles. The van der Waals surface area contributed by atoms with Crippen molar-refractivity contribution in [1.29, 1.82) is 0 Å². The molecule has 0 heterocycles. The molecule has 0 unspecified atom stereocenters. The van der Waals surface area contributed by atoms with E-state index in [0.29, 0.717) is 0 Å². The Labute approximate surface area is 104 Å². The van der Waals surface area contributed by atoms with Gasteiger partial charge in [-0.3, -0.25) is 4.90 Å². The van der Waals surface area contributed by atoms with Crippen molar-refractivity contribution in [3.05, 3.63) is 24.3 Å². The predicted octanol–water partition coefficient (Wildman–Crippen LogP) is 2.52. The second-order valence-corrected chi connectivity index (χ2v) is 4.69. The van der Waals surface area contributed by atoms with E-state index in [-0.39, 0.29) is 0 Å². The topological polar surface area (TPSA) is 38.5 Å². The second kappa shape index (κ2) is 5.92. The minimum Gasteiger partial charge on any atom is -0.492 e. The van der Waals surface area contributed by atoms with E-state index in [2.05, 4.69) is 11.8 Å². The van der Waals surface area contributed by atoms with Gasteiger partial charge in [-0.05, 0) is 37.9 Å². The molecule has 0 aliphatic heterocycles. The van der Waals surface area contributed by atoms with Crippen LogP contribution in [0.15, 0.2) is 24.3 Å². The van der Waals surface area contributed by atoms with Crippen LogP contribution < -0.4 is 10.5 Å². The van der Waals surface area contributed by atoms with Crippen molar-refractivity contribution >= 4 is 5.69 Å². The molecule has 3 heteroatoms. The summed E-state index contributed by atoms with van der Waals surface area (Å²) in [6.07, 6.45) is 3.94. The molecule has 0 amide bonds. The molecule has 3 nitrogen and oxygen atoms in total. The Bertz CT molecular complexity index is 350. The lowest BCUT2D eigenvalue weighted by Gasteiger charge is -2.21. The van der Waals surface area contributed by atoms with Gasteiger partial charge in [0.15, 0.2) is 0 Å². The molecule has 0 saturated heterocycles. The Balaban J connectivity index is 1.74. The number of nitrogens with two attached hydrogens (primary N) is 1. The molecular weight excluding hydrogens is 212 g/mol. The third-order valence-electron chi connectivity index (χ3n) is 3.08. The van der Waals surface area contributed by atoms with Gasteiger partial charge in [-0.1, -0.05) is 13.0 Å². The monoisotopic (exact) mass is 234 g/mol. The van der Waals surface area contributed by atoms with Crippen LogP contribution in [-0.4, -0.2) is 30.6 Å². The molecule has 0 bridgehead atoms. The van der Waals surface area contributed by atoms with Gasteiger partial charge in [-0.2, -0.15) is 0 Å². The summed E-state index contributed by atoms with van der Waals surface area (Å²) >= 11 is 0. The molecule has 0 atom stereocenters. The third kappa shape index (κ3) is 3.93. The highest BCUT2D eigenvalue weighted by molar-refractivity contribution is 5.43. The molecule has 1 aliphatic carbocycles. The van der Waals surface area contributed by atoms with Crippen LogP contribution in [0.25, 0.3) is 0 Å². The lowest BCUT2D eigenvalue weighted by atomic mass is 10.3. The van der Waals surface area contributed by atoms with E-state index in [1.54, 1.807) is 0 Å². The first kappa shape index (κ1) is 12.2. The SMILES string of the molecule is CCCN(CCOc1cccc(N)c1)C1CC1. The molecule has 0 aromatic heterocycles. The maximum atomic E-state index is 5.72. The highest BCUT2D eigenvalue weighted by Crippen LogP contribution is 2.26. The van der Waals surface area contributed by atoms with Crippen LogP contribution in [0.2, 0.25) is 0 Å². The van der Waals surface area contributed by atoms with E-state index in [0.717, 1.165) is 30.6 Å². The zero-order chi connectivity index (χ0) is 12.1. The molecule has 1 aliphatic rings. The molecule has 2 N–H and O–H groups in total. The van der Waals surface area contributed by atoms with Crippen LogP contribution in [-0.2, 0) is 0 Å². The number of rotatable bonds is 7. The smallest absolute Gasteiger partial charge is 0.121 e. The summed E-state index contributed by atoms with van der Waals surface area (Å²) in [7, 11) is 0. The Morgan fingerprint density at radius 1 is 1.35 bits per heavy atom. The fourth-order valence-corrected chi connectivity index (χ4v) is 2.09. The highest BCUT2D eigenvalue weighted by Gasteiger charge is 2.27. The number of hydrogen-bond donors (Lipinski definition) is 1. The summed E-state index contributed by atoms with van der Waals surface area (Å²) in [5, 5.41) is 0. The Morgan fingerprint density at radius 2 is 2.18 bits per heavy atom. The van der Waals surface area contributed by atoms with Gasteiger partial charge in [0.2, 0.25) is 0 Å². The summed E-state index contributed by atoms with van der Waals surface area (Å²) in [6.45, 7) is 5.19. The Hall–Kier alpha value is -1.22. The van der Waals surface area contributed by atoms with E-state index in [4.69, 9.17) is 10.5 Å². The summed E-state index contributed by atoms with van der Waals surface area (Å²) in [5.74, 6) is 0.872. The predicted molar refractivity (Wildman–Crippen MR) is 71.2 cm³/mol. The number of hydrogen-bond acceptors (Lipinski definition) is 3. The van der Waals surface area contributed by atoms with E-state index in [1.165, 1.54) is 25.8 Å². The van der Waals surface area contributed by atoms with Gasteiger partial charge in [0.1, 0.15) is 12.4 Å². The summed E-state index contributed by atoms with van der Waals surface area (Å²) in [4.78, 5) is 2.53. The van der Waals surface area contributed by atoms with Crippen molar-refractivity contribution in [1.82, 2.24) is 4.90 Å². The second-order valence-electron chi connectivity index (χ2n) is 4.69. The first-order valence-electron chi connectivity index (χ1n) is 6.52. The number of nitrogen functional groups attached to an aromatic ring is 1. The molecule has 1 fully saturated rings. The molecule has 2 rings (SSSR count). The average molecular weight is 234 g/mol. The van der Waals surface area contributed by atoms with Gasteiger partial charge in [-0.15, -0.1) is 0 Å². The molecule has 94 valence electrons. The normalized spacial score (nSPS) is 15.2. The van der Waals surface area contributed by atoms with Crippen LogP contribution in [0.4, 0.5) is 5.69 Å². The Kier molecular flexibility index (Phi) is 4.26. The molecule has 1 aromatic rings. The van der Waals surface area contributed by atoms with Crippen molar-refractivity contribution < 1.29 is 4.74 Å². The van der Waals surface area contributed by atoms with Gasteiger partial charge in [0, 0.05) is 24.3 Å². The molecule has 1 aromatic carbocycles. The summed E-state index contributed by atoms with van der Waals surface area (Å²) in [5.41, 5.74) is 6.46. The molecule has 0 spiro atoms. The van der Waals surface area contributed by atoms with E-state index >= 15 is 0 Å². The van der Waals surface area contributed by atoms with Gasteiger partial charge in [0.25, 0.3) is 0 Å². The zero-order valence-electron chi connectivity index (χ0n) is 10.6. The maximum absolute atomic E-state index is 5.72. The van der Waals surface area contributed by atoms with E-state index < -0.39 is 0 Å². The third-order valence-corrected chi connectivity index (χ3v) is 3.08. The zero-order valence-corrected chi connectivity index (χ0v) is 10.6. The number of nitrogens with zero attached hydrogens (tertiary/aromatic N) is 1. The minimum absolute atomic E-state index is 0.750. The minimum atomic E-state index is 0.750. The molecular formula is C14H22N2O.